The molecule has 0 aliphatic heterocycles. The van der Waals surface area contributed by atoms with Crippen molar-refractivity contribution in [2.24, 2.45) is 0 Å². The summed E-state index contributed by atoms with van der Waals surface area (Å²) in [6.07, 6.45) is 0.963. The number of nitrogens with zero attached hydrogens (tertiary/aromatic N) is 2. The van der Waals surface area contributed by atoms with Gasteiger partial charge in [-0.25, -0.2) is 0 Å². The van der Waals surface area contributed by atoms with E-state index in [1.807, 2.05) is 6.07 Å². The summed E-state index contributed by atoms with van der Waals surface area (Å²) in [4.78, 5) is 4.60. The first-order chi connectivity index (χ1) is 10.1. The van der Waals surface area contributed by atoms with Crippen LogP contribution in [0.5, 0.6) is 0 Å². The van der Waals surface area contributed by atoms with Gasteiger partial charge in [0.1, 0.15) is 0 Å². The second-order valence-corrected chi connectivity index (χ2v) is 6.15. The Labute approximate surface area is 134 Å². The number of aryl methyl sites for hydroxylation is 1. The summed E-state index contributed by atoms with van der Waals surface area (Å²) in [7, 11) is 0. The van der Waals surface area contributed by atoms with Gasteiger partial charge in [0.25, 0.3) is 0 Å². The smallest absolute Gasteiger partial charge is 0.231 e. The SMILES string of the molecule is CCNC(C)C(CC)c1nc(-c2ccc(C)cc2Br)no1. The van der Waals surface area contributed by atoms with Crippen LogP contribution in [0, 0.1) is 6.92 Å². The third-order valence-corrected chi connectivity index (χ3v) is 4.35. The number of benzene rings is 1. The molecule has 1 aromatic carbocycles. The van der Waals surface area contributed by atoms with Crippen LogP contribution in [-0.2, 0) is 0 Å². The molecule has 1 heterocycles. The predicted octanol–water partition coefficient (Wildman–Crippen LogP) is 4.30. The van der Waals surface area contributed by atoms with Crippen molar-refractivity contribution < 1.29 is 4.52 Å². The third kappa shape index (κ3) is 3.71. The van der Waals surface area contributed by atoms with Crippen LogP contribution in [-0.4, -0.2) is 22.7 Å². The Hall–Kier alpha value is -1.20. The molecule has 21 heavy (non-hydrogen) atoms. The fourth-order valence-electron chi connectivity index (χ4n) is 2.50. The lowest BCUT2D eigenvalue weighted by atomic mass is 9.98. The minimum atomic E-state index is 0.232. The summed E-state index contributed by atoms with van der Waals surface area (Å²) in [6, 6.07) is 6.44. The first-order valence-electron chi connectivity index (χ1n) is 7.40. The topological polar surface area (TPSA) is 51.0 Å². The van der Waals surface area contributed by atoms with E-state index in [1.54, 1.807) is 0 Å². The molecule has 5 heteroatoms. The van der Waals surface area contributed by atoms with E-state index in [4.69, 9.17) is 4.52 Å². The van der Waals surface area contributed by atoms with Gasteiger partial charge in [0.05, 0.1) is 5.92 Å². The van der Waals surface area contributed by atoms with Crippen molar-refractivity contribution in [3.05, 3.63) is 34.1 Å². The van der Waals surface area contributed by atoms with Crippen LogP contribution in [0.2, 0.25) is 0 Å². The van der Waals surface area contributed by atoms with Gasteiger partial charge in [0.15, 0.2) is 0 Å². The lowest BCUT2D eigenvalue weighted by Crippen LogP contribution is -2.31. The molecule has 0 bridgehead atoms. The summed E-state index contributed by atoms with van der Waals surface area (Å²) in [6.45, 7) is 9.39. The highest BCUT2D eigenvalue weighted by molar-refractivity contribution is 9.10. The Kier molecular flexibility index (Phi) is 5.53. The highest BCUT2D eigenvalue weighted by Crippen LogP contribution is 2.29. The molecule has 4 nitrogen and oxygen atoms in total. The van der Waals surface area contributed by atoms with Crippen molar-refractivity contribution >= 4 is 15.9 Å². The van der Waals surface area contributed by atoms with Gasteiger partial charge in [-0.1, -0.05) is 41.0 Å². The van der Waals surface area contributed by atoms with E-state index >= 15 is 0 Å². The average Bonchev–Trinajstić information content (AvgIpc) is 2.89. The van der Waals surface area contributed by atoms with Crippen molar-refractivity contribution in [3.8, 4) is 11.4 Å². The second kappa shape index (κ2) is 7.18. The normalized spacial score (nSPS) is 14.1. The number of nitrogens with one attached hydrogen (secondary N) is 1. The molecule has 1 N–H and O–H groups in total. The zero-order valence-electron chi connectivity index (χ0n) is 13.0. The predicted molar refractivity (Wildman–Crippen MR) is 88.3 cm³/mol. The van der Waals surface area contributed by atoms with Gasteiger partial charge in [-0.15, -0.1) is 0 Å². The van der Waals surface area contributed by atoms with Crippen molar-refractivity contribution in [1.29, 1.82) is 0 Å². The van der Waals surface area contributed by atoms with Crippen molar-refractivity contribution in [2.75, 3.05) is 6.54 Å². The molecular weight excluding hydrogens is 330 g/mol. The molecule has 2 rings (SSSR count). The van der Waals surface area contributed by atoms with Gasteiger partial charge in [0.2, 0.25) is 11.7 Å². The zero-order valence-corrected chi connectivity index (χ0v) is 14.6. The summed E-state index contributed by atoms with van der Waals surface area (Å²) < 4.78 is 6.49. The average molecular weight is 352 g/mol. The summed E-state index contributed by atoms with van der Waals surface area (Å²) >= 11 is 3.57. The Morgan fingerprint density at radius 3 is 2.71 bits per heavy atom. The van der Waals surface area contributed by atoms with Crippen LogP contribution in [0.3, 0.4) is 0 Å². The Morgan fingerprint density at radius 1 is 1.33 bits per heavy atom. The van der Waals surface area contributed by atoms with Crippen LogP contribution < -0.4 is 5.32 Å². The van der Waals surface area contributed by atoms with Crippen molar-refractivity contribution in [3.63, 3.8) is 0 Å². The molecule has 0 aliphatic rings. The van der Waals surface area contributed by atoms with E-state index in [1.165, 1.54) is 5.56 Å². The number of likely N-dealkylation sites (N-methyl/N-ethyl adjacent to an activating group) is 1. The number of aromatic nitrogens is 2. The molecule has 0 saturated heterocycles. The fraction of sp³-hybridized carbons (Fsp3) is 0.500. The van der Waals surface area contributed by atoms with Crippen LogP contribution in [0.1, 0.15) is 44.6 Å². The van der Waals surface area contributed by atoms with Crippen LogP contribution in [0.15, 0.2) is 27.2 Å². The van der Waals surface area contributed by atoms with Crippen molar-refractivity contribution in [1.82, 2.24) is 15.5 Å². The maximum atomic E-state index is 5.50. The molecular formula is C16H22BrN3O. The molecule has 0 fully saturated rings. The third-order valence-electron chi connectivity index (χ3n) is 3.69. The zero-order chi connectivity index (χ0) is 15.4. The maximum absolute atomic E-state index is 5.50. The molecule has 0 amide bonds. The molecule has 114 valence electrons. The molecule has 2 unspecified atom stereocenters. The van der Waals surface area contributed by atoms with Gasteiger partial charge in [-0.2, -0.15) is 4.98 Å². The minimum Gasteiger partial charge on any atom is -0.339 e. The van der Waals surface area contributed by atoms with Crippen molar-refractivity contribution in [2.45, 2.75) is 46.1 Å². The van der Waals surface area contributed by atoms with Gasteiger partial charge in [-0.3, -0.25) is 0 Å². The van der Waals surface area contributed by atoms with E-state index in [2.05, 4.69) is 71.2 Å². The lowest BCUT2D eigenvalue weighted by molar-refractivity contribution is 0.318. The summed E-state index contributed by atoms with van der Waals surface area (Å²) in [5.41, 5.74) is 2.16. The lowest BCUT2D eigenvalue weighted by Gasteiger charge is -2.19. The number of halogens is 1. The molecule has 0 radical (unpaired) electrons. The van der Waals surface area contributed by atoms with Gasteiger partial charge < -0.3 is 9.84 Å². The van der Waals surface area contributed by atoms with Crippen LogP contribution >= 0.6 is 15.9 Å². The highest BCUT2D eigenvalue weighted by atomic mass is 79.9. The van der Waals surface area contributed by atoms with E-state index in [-0.39, 0.29) is 5.92 Å². The van der Waals surface area contributed by atoms with Crippen LogP contribution in [0.4, 0.5) is 0 Å². The number of hydrogen-bond donors (Lipinski definition) is 1. The number of rotatable bonds is 6. The van der Waals surface area contributed by atoms with Gasteiger partial charge in [0, 0.05) is 16.1 Å². The van der Waals surface area contributed by atoms with E-state index < -0.39 is 0 Å². The van der Waals surface area contributed by atoms with Gasteiger partial charge in [-0.05, 0) is 44.5 Å². The first kappa shape index (κ1) is 16.2. The second-order valence-electron chi connectivity index (χ2n) is 5.30. The Balaban J connectivity index is 2.28. The number of hydrogen-bond acceptors (Lipinski definition) is 4. The van der Waals surface area contributed by atoms with Gasteiger partial charge >= 0.3 is 0 Å². The summed E-state index contributed by atoms with van der Waals surface area (Å²) in [5, 5.41) is 7.57. The fourth-order valence-corrected chi connectivity index (χ4v) is 3.17. The monoisotopic (exact) mass is 351 g/mol. The molecule has 2 atom stereocenters. The van der Waals surface area contributed by atoms with Crippen LogP contribution in [0.25, 0.3) is 11.4 Å². The van der Waals surface area contributed by atoms with E-state index in [9.17, 15) is 0 Å². The molecule has 0 saturated carbocycles. The quantitative estimate of drug-likeness (QED) is 0.842. The largest absolute Gasteiger partial charge is 0.339 e. The first-order valence-corrected chi connectivity index (χ1v) is 8.19. The standard InChI is InChI=1S/C16H22BrN3O/c1-5-12(11(4)18-6-2)16-19-15(20-21-16)13-8-7-10(3)9-14(13)17/h7-9,11-12,18H,5-6H2,1-4H3. The maximum Gasteiger partial charge on any atom is 0.231 e. The molecule has 1 aromatic heterocycles. The van der Waals surface area contributed by atoms with E-state index in [0.717, 1.165) is 23.0 Å². The Bertz CT molecular complexity index is 597. The highest BCUT2D eigenvalue weighted by Gasteiger charge is 2.23. The minimum absolute atomic E-state index is 0.232. The molecule has 2 aromatic rings. The Morgan fingerprint density at radius 2 is 2.10 bits per heavy atom. The molecule has 0 aliphatic carbocycles. The molecule has 0 spiro atoms. The summed E-state index contributed by atoms with van der Waals surface area (Å²) in [5.74, 6) is 1.57. The van der Waals surface area contributed by atoms with E-state index in [0.29, 0.717) is 17.8 Å².